The van der Waals surface area contributed by atoms with Gasteiger partial charge in [0.2, 0.25) is 0 Å². The van der Waals surface area contributed by atoms with E-state index in [-0.39, 0.29) is 29.9 Å². The van der Waals surface area contributed by atoms with Crippen molar-refractivity contribution in [2.75, 3.05) is 20.7 Å². The number of esters is 1. The highest BCUT2D eigenvalue weighted by atomic mass is 127. The van der Waals surface area contributed by atoms with Crippen molar-refractivity contribution < 1.29 is 13.9 Å². The summed E-state index contributed by atoms with van der Waals surface area (Å²) in [5.74, 6) is 1.32. The third-order valence-electron chi connectivity index (χ3n) is 3.30. The Bertz CT molecular complexity index is 640. The molecule has 0 radical (unpaired) electrons. The Hall–Kier alpha value is -2.03. The van der Waals surface area contributed by atoms with Gasteiger partial charge >= 0.3 is 5.97 Å². The molecule has 0 bridgehead atoms. The van der Waals surface area contributed by atoms with Crippen LogP contribution >= 0.6 is 24.0 Å². The lowest BCUT2D eigenvalue weighted by Gasteiger charge is -2.11. The van der Waals surface area contributed by atoms with Crippen LogP contribution in [0.5, 0.6) is 0 Å². The SMILES string of the molecule is CN=C(NCCc1ccco1)NCc1ccc(C(=O)OC)cc1.I. The molecule has 1 heterocycles. The van der Waals surface area contributed by atoms with Gasteiger partial charge in [-0.1, -0.05) is 12.1 Å². The molecule has 0 fully saturated rings. The first-order valence-corrected chi connectivity index (χ1v) is 7.37. The maximum atomic E-state index is 11.4. The van der Waals surface area contributed by atoms with Crippen molar-refractivity contribution in [2.45, 2.75) is 13.0 Å². The molecular weight excluding hydrogens is 421 g/mol. The molecule has 0 aliphatic heterocycles. The second-order valence-electron chi connectivity index (χ2n) is 4.87. The number of hydrogen-bond donors (Lipinski definition) is 2. The number of halogens is 1. The molecule has 0 saturated carbocycles. The van der Waals surface area contributed by atoms with Gasteiger partial charge < -0.3 is 19.8 Å². The molecule has 0 aliphatic rings. The van der Waals surface area contributed by atoms with Gasteiger partial charge in [0, 0.05) is 26.6 Å². The minimum atomic E-state index is -0.333. The van der Waals surface area contributed by atoms with Crippen molar-refractivity contribution in [2.24, 2.45) is 4.99 Å². The van der Waals surface area contributed by atoms with Gasteiger partial charge in [-0.2, -0.15) is 0 Å². The lowest BCUT2D eigenvalue weighted by molar-refractivity contribution is 0.0600. The van der Waals surface area contributed by atoms with E-state index in [0.29, 0.717) is 18.1 Å². The number of furan rings is 1. The van der Waals surface area contributed by atoms with E-state index in [9.17, 15) is 4.79 Å². The van der Waals surface area contributed by atoms with Gasteiger partial charge in [-0.05, 0) is 29.8 Å². The minimum absolute atomic E-state index is 0. The number of aliphatic imine (C=N–C) groups is 1. The quantitative estimate of drug-likeness (QED) is 0.311. The van der Waals surface area contributed by atoms with E-state index in [4.69, 9.17) is 4.42 Å². The summed E-state index contributed by atoms with van der Waals surface area (Å²) >= 11 is 0. The predicted octanol–water partition coefficient (Wildman–Crippen LogP) is 2.59. The monoisotopic (exact) mass is 443 g/mol. The maximum absolute atomic E-state index is 11.4. The molecule has 0 saturated heterocycles. The Labute approximate surface area is 158 Å². The Morgan fingerprint density at radius 2 is 1.96 bits per heavy atom. The molecule has 7 heteroatoms. The van der Waals surface area contributed by atoms with E-state index in [0.717, 1.165) is 24.3 Å². The zero-order chi connectivity index (χ0) is 16.5. The molecule has 2 N–H and O–H groups in total. The average molecular weight is 443 g/mol. The number of benzene rings is 1. The summed E-state index contributed by atoms with van der Waals surface area (Å²) in [5, 5.41) is 6.44. The normalized spacial score (nSPS) is 10.7. The molecular formula is C17H22IN3O3. The van der Waals surface area contributed by atoms with Gasteiger partial charge in [-0.25, -0.2) is 4.79 Å². The van der Waals surface area contributed by atoms with Crippen LogP contribution in [-0.4, -0.2) is 32.6 Å². The summed E-state index contributed by atoms with van der Waals surface area (Å²) in [6, 6.07) is 11.1. The van der Waals surface area contributed by atoms with Crippen LogP contribution in [0.1, 0.15) is 21.7 Å². The molecule has 1 aromatic heterocycles. The van der Waals surface area contributed by atoms with Crippen LogP contribution in [0.15, 0.2) is 52.1 Å². The summed E-state index contributed by atoms with van der Waals surface area (Å²) in [7, 11) is 3.10. The zero-order valence-electron chi connectivity index (χ0n) is 13.7. The van der Waals surface area contributed by atoms with Crippen LogP contribution in [0.2, 0.25) is 0 Å². The van der Waals surface area contributed by atoms with E-state index in [1.54, 1.807) is 25.4 Å². The van der Waals surface area contributed by atoms with E-state index >= 15 is 0 Å². The summed E-state index contributed by atoms with van der Waals surface area (Å²) in [5.41, 5.74) is 1.59. The smallest absolute Gasteiger partial charge is 0.337 e. The maximum Gasteiger partial charge on any atom is 0.337 e. The highest BCUT2D eigenvalue weighted by Crippen LogP contribution is 2.05. The highest BCUT2D eigenvalue weighted by molar-refractivity contribution is 14.0. The van der Waals surface area contributed by atoms with Gasteiger partial charge in [0.15, 0.2) is 5.96 Å². The van der Waals surface area contributed by atoms with Crippen molar-refractivity contribution in [1.29, 1.82) is 0 Å². The van der Waals surface area contributed by atoms with E-state index in [2.05, 4.69) is 20.4 Å². The van der Waals surface area contributed by atoms with E-state index in [1.165, 1.54) is 7.11 Å². The number of rotatable bonds is 6. The molecule has 0 unspecified atom stereocenters. The number of carbonyl (C=O) groups is 1. The summed E-state index contributed by atoms with van der Waals surface area (Å²) < 4.78 is 9.96. The fourth-order valence-electron chi connectivity index (χ4n) is 2.04. The molecule has 0 aliphatic carbocycles. The molecule has 2 aromatic rings. The van der Waals surface area contributed by atoms with E-state index < -0.39 is 0 Å². The van der Waals surface area contributed by atoms with Gasteiger partial charge in [0.1, 0.15) is 5.76 Å². The number of methoxy groups -OCH3 is 1. The predicted molar refractivity (Wildman–Crippen MR) is 104 cm³/mol. The average Bonchev–Trinajstić information content (AvgIpc) is 3.11. The fourth-order valence-corrected chi connectivity index (χ4v) is 2.04. The molecule has 2 rings (SSSR count). The topological polar surface area (TPSA) is 75.9 Å². The molecule has 130 valence electrons. The molecule has 24 heavy (non-hydrogen) atoms. The second kappa shape index (κ2) is 10.7. The molecule has 0 atom stereocenters. The first-order chi connectivity index (χ1) is 11.2. The Morgan fingerprint density at radius 3 is 2.54 bits per heavy atom. The molecule has 0 amide bonds. The van der Waals surface area contributed by atoms with Crippen LogP contribution in [0.4, 0.5) is 0 Å². The van der Waals surface area contributed by atoms with Crippen LogP contribution in [-0.2, 0) is 17.7 Å². The molecule has 1 aromatic carbocycles. The second-order valence-corrected chi connectivity index (χ2v) is 4.87. The number of nitrogens with zero attached hydrogens (tertiary/aromatic N) is 1. The van der Waals surface area contributed by atoms with Crippen LogP contribution in [0.25, 0.3) is 0 Å². The standard InChI is InChI=1S/C17H21N3O3.HI/c1-18-17(19-10-9-15-4-3-11-23-15)20-12-13-5-7-14(8-6-13)16(21)22-2;/h3-8,11H,9-10,12H2,1-2H3,(H2,18,19,20);1H. The first-order valence-electron chi connectivity index (χ1n) is 7.37. The fraction of sp³-hybridized carbons (Fsp3) is 0.294. The summed E-state index contributed by atoms with van der Waals surface area (Å²) in [6.45, 7) is 1.34. The number of carbonyl (C=O) groups excluding carboxylic acids is 1. The van der Waals surface area contributed by atoms with Crippen molar-refractivity contribution in [3.63, 3.8) is 0 Å². The van der Waals surface area contributed by atoms with Crippen LogP contribution < -0.4 is 10.6 Å². The lowest BCUT2D eigenvalue weighted by atomic mass is 10.1. The summed E-state index contributed by atoms with van der Waals surface area (Å²) in [4.78, 5) is 15.5. The van der Waals surface area contributed by atoms with Crippen LogP contribution in [0, 0.1) is 0 Å². The largest absolute Gasteiger partial charge is 0.469 e. The number of guanidine groups is 1. The highest BCUT2D eigenvalue weighted by Gasteiger charge is 2.05. The Kier molecular flexibility index (Phi) is 8.92. The van der Waals surface area contributed by atoms with Gasteiger partial charge in [-0.3, -0.25) is 4.99 Å². The van der Waals surface area contributed by atoms with Crippen LogP contribution in [0.3, 0.4) is 0 Å². The molecule has 6 nitrogen and oxygen atoms in total. The third kappa shape index (κ3) is 6.23. The summed E-state index contributed by atoms with van der Waals surface area (Å²) in [6.07, 6.45) is 2.46. The van der Waals surface area contributed by atoms with E-state index in [1.807, 2.05) is 24.3 Å². The number of hydrogen-bond acceptors (Lipinski definition) is 4. The van der Waals surface area contributed by atoms with Crippen molar-refractivity contribution in [3.05, 3.63) is 59.5 Å². The first kappa shape index (κ1) is 20.0. The zero-order valence-corrected chi connectivity index (χ0v) is 16.1. The Morgan fingerprint density at radius 1 is 1.21 bits per heavy atom. The third-order valence-corrected chi connectivity index (χ3v) is 3.30. The molecule has 0 spiro atoms. The number of nitrogens with one attached hydrogen (secondary N) is 2. The lowest BCUT2D eigenvalue weighted by Crippen LogP contribution is -2.37. The minimum Gasteiger partial charge on any atom is -0.469 e. The van der Waals surface area contributed by atoms with Gasteiger partial charge in [0.05, 0.1) is 18.9 Å². The van der Waals surface area contributed by atoms with Crippen molar-refractivity contribution >= 4 is 35.9 Å². The van der Waals surface area contributed by atoms with Crippen molar-refractivity contribution in [1.82, 2.24) is 10.6 Å². The van der Waals surface area contributed by atoms with Gasteiger partial charge in [-0.15, -0.1) is 24.0 Å². The number of ether oxygens (including phenoxy) is 1. The van der Waals surface area contributed by atoms with Crippen molar-refractivity contribution in [3.8, 4) is 0 Å². The Balaban J connectivity index is 0.00000288. The van der Waals surface area contributed by atoms with Gasteiger partial charge in [0.25, 0.3) is 0 Å².